The van der Waals surface area contributed by atoms with Gasteiger partial charge in [-0.3, -0.25) is 4.79 Å². The normalized spacial score (nSPS) is 11.0. The molecule has 0 fully saturated rings. The summed E-state index contributed by atoms with van der Waals surface area (Å²) in [5.74, 6) is 1.10. The van der Waals surface area contributed by atoms with Crippen LogP contribution in [0.25, 0.3) is 22.4 Å². The molecule has 0 bridgehead atoms. The van der Waals surface area contributed by atoms with E-state index < -0.39 is 0 Å². The Balaban J connectivity index is 1.49. The molecule has 0 spiro atoms. The largest absolute Gasteiger partial charge is 0.342 e. The lowest BCUT2D eigenvalue weighted by Crippen LogP contribution is -2.20. The van der Waals surface area contributed by atoms with Crippen molar-refractivity contribution in [1.82, 2.24) is 30.2 Å². The SMILES string of the molecule is Cc1cccc(NC(=O)Cn2nnc(-c3ccc4nc(C)[nH]c4c3)n2)c1. The molecule has 0 unspecified atom stereocenters. The summed E-state index contributed by atoms with van der Waals surface area (Å²) in [5, 5.41) is 15.1. The molecular formula is C18H17N7O. The van der Waals surface area contributed by atoms with E-state index in [4.69, 9.17) is 0 Å². The molecule has 0 atom stereocenters. The Morgan fingerprint density at radius 1 is 1.19 bits per heavy atom. The molecule has 26 heavy (non-hydrogen) atoms. The van der Waals surface area contributed by atoms with Gasteiger partial charge in [0.1, 0.15) is 12.4 Å². The van der Waals surface area contributed by atoms with Crippen LogP contribution in [0.4, 0.5) is 5.69 Å². The summed E-state index contributed by atoms with van der Waals surface area (Å²) in [6.07, 6.45) is 0. The number of carbonyl (C=O) groups is 1. The van der Waals surface area contributed by atoms with E-state index in [9.17, 15) is 4.79 Å². The molecule has 1 amide bonds. The molecule has 0 radical (unpaired) electrons. The predicted molar refractivity (Wildman–Crippen MR) is 97.5 cm³/mol. The van der Waals surface area contributed by atoms with Gasteiger partial charge in [-0.25, -0.2) is 4.98 Å². The average Bonchev–Trinajstić information content (AvgIpc) is 3.19. The number of nitrogens with zero attached hydrogens (tertiary/aromatic N) is 5. The molecule has 8 heteroatoms. The standard InChI is InChI=1S/C18H17N7O/c1-11-4-3-5-14(8-11)21-17(26)10-25-23-18(22-24-25)13-6-7-15-16(9-13)20-12(2)19-15/h3-9H,10H2,1-2H3,(H,19,20)(H,21,26). The van der Waals surface area contributed by atoms with Crippen molar-refractivity contribution in [2.45, 2.75) is 20.4 Å². The van der Waals surface area contributed by atoms with Gasteiger partial charge in [0.15, 0.2) is 0 Å². The third-order valence-electron chi connectivity index (χ3n) is 3.90. The maximum atomic E-state index is 12.2. The topological polar surface area (TPSA) is 101 Å². The second-order valence-corrected chi connectivity index (χ2v) is 6.12. The molecule has 4 rings (SSSR count). The van der Waals surface area contributed by atoms with Gasteiger partial charge in [0, 0.05) is 11.3 Å². The highest BCUT2D eigenvalue weighted by atomic mass is 16.2. The Morgan fingerprint density at radius 2 is 2.08 bits per heavy atom. The molecule has 0 saturated carbocycles. The molecule has 0 aliphatic heterocycles. The lowest BCUT2D eigenvalue weighted by Gasteiger charge is -2.04. The summed E-state index contributed by atoms with van der Waals surface area (Å²) >= 11 is 0. The van der Waals surface area contributed by atoms with Crippen LogP contribution in [-0.4, -0.2) is 36.1 Å². The summed E-state index contributed by atoms with van der Waals surface area (Å²) < 4.78 is 0. The van der Waals surface area contributed by atoms with E-state index in [0.717, 1.165) is 33.7 Å². The lowest BCUT2D eigenvalue weighted by atomic mass is 10.2. The van der Waals surface area contributed by atoms with Crippen LogP contribution < -0.4 is 5.32 Å². The number of aromatic nitrogens is 6. The van der Waals surface area contributed by atoms with Crippen LogP contribution in [0.1, 0.15) is 11.4 Å². The zero-order valence-electron chi connectivity index (χ0n) is 14.4. The third-order valence-corrected chi connectivity index (χ3v) is 3.90. The van der Waals surface area contributed by atoms with Gasteiger partial charge in [0.05, 0.1) is 11.0 Å². The number of H-pyrrole nitrogens is 1. The van der Waals surface area contributed by atoms with E-state index in [0.29, 0.717) is 5.82 Å². The van der Waals surface area contributed by atoms with Gasteiger partial charge < -0.3 is 10.3 Å². The first-order valence-corrected chi connectivity index (χ1v) is 8.18. The number of aromatic amines is 1. The Kier molecular flexibility index (Phi) is 3.92. The number of amides is 1. The number of anilines is 1. The van der Waals surface area contributed by atoms with Crippen molar-refractivity contribution < 1.29 is 4.79 Å². The second kappa shape index (κ2) is 6.40. The zero-order chi connectivity index (χ0) is 18.1. The lowest BCUT2D eigenvalue weighted by molar-refractivity contribution is -0.117. The Bertz CT molecular complexity index is 1100. The number of carbonyl (C=O) groups excluding carboxylic acids is 1. The number of hydrogen-bond acceptors (Lipinski definition) is 5. The van der Waals surface area contributed by atoms with Crippen molar-refractivity contribution in [2.24, 2.45) is 0 Å². The van der Waals surface area contributed by atoms with Gasteiger partial charge in [0.2, 0.25) is 11.7 Å². The third kappa shape index (κ3) is 3.30. The van der Waals surface area contributed by atoms with Gasteiger partial charge in [-0.15, -0.1) is 10.2 Å². The van der Waals surface area contributed by atoms with Gasteiger partial charge in [0.25, 0.3) is 0 Å². The van der Waals surface area contributed by atoms with E-state index >= 15 is 0 Å². The molecular weight excluding hydrogens is 330 g/mol. The second-order valence-electron chi connectivity index (χ2n) is 6.12. The van der Waals surface area contributed by atoms with Gasteiger partial charge in [-0.1, -0.05) is 12.1 Å². The summed E-state index contributed by atoms with van der Waals surface area (Å²) in [4.78, 5) is 21.0. The molecule has 0 saturated heterocycles. The predicted octanol–water partition coefficient (Wildman–Crippen LogP) is 2.47. The highest BCUT2D eigenvalue weighted by molar-refractivity contribution is 5.90. The number of hydrogen-bond donors (Lipinski definition) is 2. The number of benzene rings is 2. The molecule has 130 valence electrons. The van der Waals surface area contributed by atoms with E-state index in [1.165, 1.54) is 4.80 Å². The van der Waals surface area contributed by atoms with Crippen LogP contribution in [0.15, 0.2) is 42.5 Å². The fourth-order valence-electron chi connectivity index (χ4n) is 2.75. The van der Waals surface area contributed by atoms with Crippen molar-refractivity contribution in [3.8, 4) is 11.4 Å². The molecule has 2 aromatic carbocycles. The summed E-state index contributed by atoms with van der Waals surface area (Å²) in [6.45, 7) is 3.87. The van der Waals surface area contributed by atoms with Crippen molar-refractivity contribution >= 4 is 22.6 Å². The summed E-state index contributed by atoms with van der Waals surface area (Å²) in [6, 6.07) is 13.3. The van der Waals surface area contributed by atoms with Gasteiger partial charge in [-0.2, -0.15) is 4.80 Å². The fourth-order valence-corrected chi connectivity index (χ4v) is 2.75. The number of rotatable bonds is 4. The van der Waals surface area contributed by atoms with Crippen LogP contribution >= 0.6 is 0 Å². The van der Waals surface area contributed by atoms with Crippen LogP contribution in [0.5, 0.6) is 0 Å². The molecule has 8 nitrogen and oxygen atoms in total. The maximum Gasteiger partial charge on any atom is 0.248 e. The smallest absolute Gasteiger partial charge is 0.248 e. The average molecular weight is 347 g/mol. The molecule has 0 aliphatic carbocycles. The van der Waals surface area contributed by atoms with E-state index in [1.54, 1.807) is 0 Å². The number of fused-ring (bicyclic) bond motifs is 1. The maximum absolute atomic E-state index is 12.2. The highest BCUT2D eigenvalue weighted by Gasteiger charge is 2.11. The van der Waals surface area contributed by atoms with E-state index in [2.05, 4.69) is 30.7 Å². The van der Waals surface area contributed by atoms with Crippen LogP contribution in [0, 0.1) is 13.8 Å². The Hall–Kier alpha value is -3.55. The first kappa shape index (κ1) is 15.9. The highest BCUT2D eigenvalue weighted by Crippen LogP contribution is 2.20. The number of aryl methyl sites for hydroxylation is 2. The Labute approximate surface area is 149 Å². The fraction of sp³-hybridized carbons (Fsp3) is 0.167. The van der Waals surface area contributed by atoms with Crippen molar-refractivity contribution in [2.75, 3.05) is 5.32 Å². The van der Waals surface area contributed by atoms with E-state index in [1.807, 2.05) is 56.3 Å². The van der Waals surface area contributed by atoms with Crippen molar-refractivity contribution in [3.63, 3.8) is 0 Å². The minimum absolute atomic E-state index is 0.00759. The van der Waals surface area contributed by atoms with Crippen LogP contribution in [0.3, 0.4) is 0 Å². The first-order chi connectivity index (χ1) is 12.6. The minimum Gasteiger partial charge on any atom is -0.342 e. The number of tetrazole rings is 1. The number of nitrogens with one attached hydrogen (secondary N) is 2. The quantitative estimate of drug-likeness (QED) is 0.590. The van der Waals surface area contributed by atoms with Gasteiger partial charge in [-0.05, 0) is 55.0 Å². The van der Waals surface area contributed by atoms with Crippen LogP contribution in [-0.2, 0) is 11.3 Å². The van der Waals surface area contributed by atoms with Gasteiger partial charge >= 0.3 is 0 Å². The Morgan fingerprint density at radius 3 is 2.92 bits per heavy atom. The van der Waals surface area contributed by atoms with E-state index in [-0.39, 0.29) is 12.5 Å². The summed E-state index contributed by atoms with van der Waals surface area (Å²) in [7, 11) is 0. The monoisotopic (exact) mass is 347 g/mol. The molecule has 2 aromatic heterocycles. The van der Waals surface area contributed by atoms with Crippen LogP contribution in [0.2, 0.25) is 0 Å². The number of imidazole rings is 1. The molecule has 4 aromatic rings. The summed E-state index contributed by atoms with van der Waals surface area (Å²) in [5.41, 5.74) is 4.43. The molecule has 0 aliphatic rings. The molecule has 2 N–H and O–H groups in total. The van der Waals surface area contributed by atoms with Crippen molar-refractivity contribution in [3.05, 3.63) is 53.9 Å². The first-order valence-electron chi connectivity index (χ1n) is 8.18. The molecule has 2 heterocycles. The zero-order valence-corrected chi connectivity index (χ0v) is 14.4. The minimum atomic E-state index is -0.209. The van der Waals surface area contributed by atoms with Crippen molar-refractivity contribution in [1.29, 1.82) is 0 Å².